The average Bonchev–Trinajstić information content (AvgIpc) is 2.56. The van der Waals surface area contributed by atoms with Crippen LogP contribution in [0.15, 0.2) is 29.3 Å². The van der Waals surface area contributed by atoms with Crippen LogP contribution in [0, 0.1) is 0 Å². The van der Waals surface area contributed by atoms with Gasteiger partial charge in [0.1, 0.15) is 5.75 Å². The molecule has 1 rings (SSSR count). The number of nitrogens with two attached hydrogens (primary N) is 1. The number of amides is 1. The van der Waals surface area contributed by atoms with Crippen LogP contribution >= 0.6 is 24.0 Å². The molecule has 0 unspecified atom stereocenters. The van der Waals surface area contributed by atoms with E-state index in [1.54, 1.807) is 7.05 Å². The molecule has 136 valence electrons. The number of guanidine groups is 1. The van der Waals surface area contributed by atoms with E-state index in [0.29, 0.717) is 19.0 Å². The van der Waals surface area contributed by atoms with Crippen LogP contribution in [0.4, 0.5) is 0 Å². The second-order valence-electron chi connectivity index (χ2n) is 4.77. The highest BCUT2D eigenvalue weighted by molar-refractivity contribution is 14.0. The van der Waals surface area contributed by atoms with Gasteiger partial charge in [0.2, 0.25) is 0 Å². The Hall–Kier alpha value is -1.55. The monoisotopic (exact) mass is 450 g/mol. The maximum Gasteiger partial charge on any atom is 0.255 e. The van der Waals surface area contributed by atoms with Gasteiger partial charge >= 0.3 is 0 Å². The molecule has 8 heteroatoms. The molecule has 1 amide bonds. The van der Waals surface area contributed by atoms with Gasteiger partial charge in [-0.05, 0) is 31.0 Å². The van der Waals surface area contributed by atoms with Gasteiger partial charge in [0.25, 0.3) is 5.91 Å². The maximum absolute atomic E-state index is 10.6. The van der Waals surface area contributed by atoms with Gasteiger partial charge in [-0.25, -0.2) is 0 Å². The summed E-state index contributed by atoms with van der Waals surface area (Å²) in [6.45, 7) is 4.72. The van der Waals surface area contributed by atoms with Crippen molar-refractivity contribution in [3.63, 3.8) is 0 Å². The van der Waals surface area contributed by atoms with Crippen LogP contribution in [0.1, 0.15) is 12.5 Å². The van der Waals surface area contributed by atoms with Crippen LogP contribution in [0.3, 0.4) is 0 Å². The fourth-order valence-corrected chi connectivity index (χ4v) is 1.84. The molecule has 0 spiro atoms. The van der Waals surface area contributed by atoms with Crippen LogP contribution in [0.2, 0.25) is 0 Å². The smallest absolute Gasteiger partial charge is 0.255 e. The first-order valence-electron chi connectivity index (χ1n) is 7.68. The second-order valence-corrected chi connectivity index (χ2v) is 4.77. The number of halogens is 1. The first kappa shape index (κ1) is 22.4. The summed E-state index contributed by atoms with van der Waals surface area (Å²) < 4.78 is 10.5. The molecular weight excluding hydrogens is 423 g/mol. The third-order valence-electron chi connectivity index (χ3n) is 2.98. The number of benzene rings is 1. The summed E-state index contributed by atoms with van der Waals surface area (Å²) in [5, 5.41) is 6.42. The van der Waals surface area contributed by atoms with Crippen molar-refractivity contribution >= 4 is 35.8 Å². The highest BCUT2D eigenvalue weighted by Gasteiger charge is 2.00. The highest BCUT2D eigenvalue weighted by Crippen LogP contribution is 2.12. The van der Waals surface area contributed by atoms with Gasteiger partial charge in [-0.2, -0.15) is 0 Å². The number of ether oxygens (including phenoxy) is 2. The fraction of sp³-hybridized carbons (Fsp3) is 0.500. The summed E-state index contributed by atoms with van der Waals surface area (Å²) in [6.07, 6.45) is 0.849. The van der Waals surface area contributed by atoms with E-state index in [-0.39, 0.29) is 30.6 Å². The summed E-state index contributed by atoms with van der Waals surface area (Å²) in [5.41, 5.74) is 6.19. The molecule has 0 saturated carbocycles. The number of carbonyl (C=O) groups is 1. The van der Waals surface area contributed by atoms with E-state index < -0.39 is 5.91 Å². The van der Waals surface area contributed by atoms with Gasteiger partial charge in [0.15, 0.2) is 12.6 Å². The van der Waals surface area contributed by atoms with Crippen LogP contribution < -0.4 is 21.1 Å². The van der Waals surface area contributed by atoms with Crippen LogP contribution in [-0.2, 0) is 16.0 Å². The minimum Gasteiger partial charge on any atom is -0.484 e. The molecule has 24 heavy (non-hydrogen) atoms. The van der Waals surface area contributed by atoms with Gasteiger partial charge in [0.05, 0.1) is 6.61 Å². The zero-order valence-electron chi connectivity index (χ0n) is 14.2. The molecule has 1 aromatic rings. The predicted molar refractivity (Wildman–Crippen MR) is 106 cm³/mol. The Morgan fingerprint density at radius 1 is 1.21 bits per heavy atom. The van der Waals surface area contributed by atoms with Crippen molar-refractivity contribution in [1.29, 1.82) is 0 Å². The largest absolute Gasteiger partial charge is 0.484 e. The molecule has 0 aliphatic heterocycles. The number of nitrogens with zero attached hydrogens (tertiary/aromatic N) is 1. The van der Waals surface area contributed by atoms with E-state index in [1.165, 1.54) is 0 Å². The topological polar surface area (TPSA) is 98.0 Å². The molecule has 0 fully saturated rings. The molecular formula is C16H27IN4O3. The first-order valence-corrected chi connectivity index (χ1v) is 7.68. The Balaban J connectivity index is 0.00000529. The Kier molecular flexibility index (Phi) is 13.0. The standard InChI is InChI=1S/C16H26N4O3.HI/c1-3-22-11-10-20-16(18-2)19-9-8-13-4-6-14(7-5-13)23-12-15(17)21;/h4-7H,3,8-12H2,1-2H3,(H2,17,21)(H2,18,19,20);1H. The maximum atomic E-state index is 10.6. The van der Waals surface area contributed by atoms with Crippen molar-refractivity contribution in [1.82, 2.24) is 10.6 Å². The van der Waals surface area contributed by atoms with Crippen LogP contribution in [0.25, 0.3) is 0 Å². The van der Waals surface area contributed by atoms with Gasteiger partial charge in [-0.3, -0.25) is 9.79 Å². The van der Waals surface area contributed by atoms with Crippen molar-refractivity contribution < 1.29 is 14.3 Å². The van der Waals surface area contributed by atoms with E-state index >= 15 is 0 Å². The SMILES string of the molecule is CCOCCNC(=NC)NCCc1ccc(OCC(N)=O)cc1.I. The lowest BCUT2D eigenvalue weighted by Gasteiger charge is -2.12. The third kappa shape index (κ3) is 10.3. The van der Waals surface area contributed by atoms with E-state index in [0.717, 1.165) is 31.0 Å². The van der Waals surface area contributed by atoms with Crippen molar-refractivity contribution in [2.45, 2.75) is 13.3 Å². The van der Waals surface area contributed by atoms with Crippen LogP contribution in [-0.4, -0.2) is 51.8 Å². The Bertz CT molecular complexity index is 495. The van der Waals surface area contributed by atoms with E-state index in [2.05, 4.69) is 15.6 Å². The van der Waals surface area contributed by atoms with E-state index in [4.69, 9.17) is 15.2 Å². The van der Waals surface area contributed by atoms with Crippen molar-refractivity contribution in [3.05, 3.63) is 29.8 Å². The van der Waals surface area contributed by atoms with Crippen molar-refractivity contribution in [2.24, 2.45) is 10.7 Å². The second kappa shape index (κ2) is 13.8. The molecule has 0 radical (unpaired) electrons. The van der Waals surface area contributed by atoms with Gasteiger partial charge in [-0.1, -0.05) is 12.1 Å². The Morgan fingerprint density at radius 3 is 2.46 bits per heavy atom. The molecule has 0 aliphatic carbocycles. The summed E-state index contributed by atoms with van der Waals surface area (Å²) in [5.74, 6) is 0.904. The quantitative estimate of drug-likeness (QED) is 0.213. The zero-order chi connectivity index (χ0) is 16.9. The normalized spacial score (nSPS) is 10.7. The number of aliphatic imine (C=N–C) groups is 1. The number of rotatable bonds is 10. The molecule has 7 nitrogen and oxygen atoms in total. The predicted octanol–water partition coefficient (Wildman–Crippen LogP) is 0.913. The minimum absolute atomic E-state index is 0. The molecule has 0 saturated heterocycles. The lowest BCUT2D eigenvalue weighted by atomic mass is 10.1. The molecule has 0 heterocycles. The number of carbonyl (C=O) groups excluding carboxylic acids is 1. The lowest BCUT2D eigenvalue weighted by molar-refractivity contribution is -0.119. The molecule has 0 bridgehead atoms. The zero-order valence-corrected chi connectivity index (χ0v) is 16.5. The van der Waals surface area contributed by atoms with Crippen molar-refractivity contribution in [2.75, 3.05) is 40.0 Å². The minimum atomic E-state index is -0.485. The molecule has 0 atom stereocenters. The lowest BCUT2D eigenvalue weighted by Crippen LogP contribution is -2.39. The summed E-state index contributed by atoms with van der Waals surface area (Å²) in [7, 11) is 1.74. The van der Waals surface area contributed by atoms with Crippen molar-refractivity contribution in [3.8, 4) is 5.75 Å². The highest BCUT2D eigenvalue weighted by atomic mass is 127. The Labute approximate surface area is 160 Å². The van der Waals surface area contributed by atoms with Crippen LogP contribution in [0.5, 0.6) is 5.75 Å². The van der Waals surface area contributed by atoms with E-state index in [9.17, 15) is 4.79 Å². The Morgan fingerprint density at radius 2 is 1.88 bits per heavy atom. The number of primary amides is 1. The molecule has 1 aromatic carbocycles. The molecule has 4 N–H and O–H groups in total. The van der Waals surface area contributed by atoms with Gasteiger partial charge in [-0.15, -0.1) is 24.0 Å². The van der Waals surface area contributed by atoms with Gasteiger partial charge < -0.3 is 25.8 Å². The summed E-state index contributed by atoms with van der Waals surface area (Å²) in [4.78, 5) is 14.8. The number of nitrogens with one attached hydrogen (secondary N) is 2. The average molecular weight is 450 g/mol. The first-order chi connectivity index (χ1) is 11.2. The third-order valence-corrected chi connectivity index (χ3v) is 2.98. The molecule has 0 aliphatic rings. The fourth-order valence-electron chi connectivity index (χ4n) is 1.84. The summed E-state index contributed by atoms with van der Waals surface area (Å²) >= 11 is 0. The summed E-state index contributed by atoms with van der Waals surface area (Å²) in [6, 6.07) is 7.58. The number of hydrogen-bond acceptors (Lipinski definition) is 4. The number of hydrogen-bond donors (Lipinski definition) is 3. The van der Waals surface area contributed by atoms with E-state index in [1.807, 2.05) is 31.2 Å². The molecule has 0 aromatic heterocycles. The van der Waals surface area contributed by atoms with Gasteiger partial charge in [0, 0.05) is 26.7 Å².